The molecular weight excluding hydrogens is 256 g/mol. The van der Waals surface area contributed by atoms with Crippen LogP contribution in [0.5, 0.6) is 0 Å². The van der Waals surface area contributed by atoms with Gasteiger partial charge in [0.15, 0.2) is 5.11 Å². The fourth-order valence-corrected chi connectivity index (χ4v) is 2.55. The van der Waals surface area contributed by atoms with Crippen LogP contribution >= 0.6 is 12.2 Å². The Morgan fingerprint density at radius 1 is 1.47 bits per heavy atom. The molecule has 5 heteroatoms. The number of pyridine rings is 1. The van der Waals surface area contributed by atoms with E-state index in [0.29, 0.717) is 11.2 Å². The first kappa shape index (κ1) is 13.9. The second-order valence-corrected chi connectivity index (χ2v) is 5.25. The maximum atomic E-state index is 5.41. The topological polar surface area (TPSA) is 40.5 Å². The highest BCUT2D eigenvalue weighted by atomic mass is 32.1. The van der Waals surface area contributed by atoms with Crippen molar-refractivity contribution in [3.8, 4) is 0 Å². The number of nitrogens with one attached hydrogen (secondary N) is 1. The predicted octanol–water partition coefficient (Wildman–Crippen LogP) is 2.55. The SMILES string of the molecule is C/C(=N/NC(=S)N1CCCCC1C)c1ccccn1. The Hall–Kier alpha value is -1.49. The summed E-state index contributed by atoms with van der Waals surface area (Å²) in [5, 5.41) is 5.04. The van der Waals surface area contributed by atoms with E-state index in [1.807, 2.05) is 25.1 Å². The normalized spacial score (nSPS) is 20.2. The zero-order chi connectivity index (χ0) is 13.7. The van der Waals surface area contributed by atoms with Crippen LogP contribution in [0.25, 0.3) is 0 Å². The first-order valence-electron chi connectivity index (χ1n) is 6.71. The van der Waals surface area contributed by atoms with Crippen molar-refractivity contribution in [1.29, 1.82) is 0 Å². The van der Waals surface area contributed by atoms with E-state index in [2.05, 4.69) is 27.3 Å². The fraction of sp³-hybridized carbons (Fsp3) is 0.500. The van der Waals surface area contributed by atoms with Crippen molar-refractivity contribution in [2.45, 2.75) is 39.2 Å². The van der Waals surface area contributed by atoms with Crippen LogP contribution in [0.15, 0.2) is 29.5 Å². The molecule has 0 aromatic carbocycles. The lowest BCUT2D eigenvalue weighted by Gasteiger charge is -2.34. The molecule has 102 valence electrons. The summed E-state index contributed by atoms with van der Waals surface area (Å²) in [6.45, 7) is 5.16. The van der Waals surface area contributed by atoms with Crippen LogP contribution in [0.4, 0.5) is 0 Å². The molecule has 0 saturated carbocycles. The van der Waals surface area contributed by atoms with Crippen LogP contribution in [0.2, 0.25) is 0 Å². The molecule has 1 unspecified atom stereocenters. The Labute approximate surface area is 119 Å². The molecule has 0 spiro atoms. The number of hydrogen-bond donors (Lipinski definition) is 1. The summed E-state index contributed by atoms with van der Waals surface area (Å²) in [7, 11) is 0. The second-order valence-electron chi connectivity index (χ2n) is 4.87. The second kappa shape index (κ2) is 6.61. The van der Waals surface area contributed by atoms with Gasteiger partial charge in [-0.05, 0) is 57.5 Å². The Bertz CT molecular complexity index is 458. The summed E-state index contributed by atoms with van der Waals surface area (Å²) in [4.78, 5) is 6.47. The monoisotopic (exact) mass is 276 g/mol. The average molecular weight is 276 g/mol. The van der Waals surface area contributed by atoms with Crippen LogP contribution in [0.1, 0.15) is 38.8 Å². The maximum Gasteiger partial charge on any atom is 0.189 e. The van der Waals surface area contributed by atoms with Gasteiger partial charge in [0, 0.05) is 18.8 Å². The molecule has 4 nitrogen and oxygen atoms in total. The van der Waals surface area contributed by atoms with Gasteiger partial charge < -0.3 is 4.90 Å². The molecule has 2 rings (SSSR count). The number of aromatic nitrogens is 1. The number of nitrogens with zero attached hydrogens (tertiary/aromatic N) is 3. The van der Waals surface area contributed by atoms with E-state index < -0.39 is 0 Å². The van der Waals surface area contributed by atoms with Gasteiger partial charge in [-0.3, -0.25) is 10.4 Å². The average Bonchev–Trinajstić information content (AvgIpc) is 2.46. The van der Waals surface area contributed by atoms with Crippen molar-refractivity contribution in [2.24, 2.45) is 5.10 Å². The minimum absolute atomic E-state index is 0.499. The van der Waals surface area contributed by atoms with E-state index in [0.717, 1.165) is 18.0 Å². The summed E-state index contributed by atoms with van der Waals surface area (Å²) in [5.41, 5.74) is 4.69. The largest absolute Gasteiger partial charge is 0.345 e. The van der Waals surface area contributed by atoms with Crippen molar-refractivity contribution >= 4 is 23.0 Å². The Morgan fingerprint density at radius 2 is 2.32 bits per heavy atom. The molecule has 19 heavy (non-hydrogen) atoms. The van der Waals surface area contributed by atoms with Crippen LogP contribution in [-0.4, -0.2) is 33.3 Å². The molecule has 1 fully saturated rings. The first-order valence-corrected chi connectivity index (χ1v) is 7.11. The van der Waals surface area contributed by atoms with Gasteiger partial charge in [0.25, 0.3) is 0 Å². The number of likely N-dealkylation sites (tertiary alicyclic amines) is 1. The van der Waals surface area contributed by atoms with Crippen molar-refractivity contribution in [3.05, 3.63) is 30.1 Å². The lowest BCUT2D eigenvalue weighted by Crippen LogP contribution is -2.46. The molecule has 1 aromatic rings. The van der Waals surface area contributed by atoms with Gasteiger partial charge in [-0.2, -0.15) is 5.10 Å². The number of thiocarbonyl (C=S) groups is 1. The van der Waals surface area contributed by atoms with Gasteiger partial charge in [0.1, 0.15) is 0 Å². The minimum atomic E-state index is 0.499. The smallest absolute Gasteiger partial charge is 0.189 e. The first-order chi connectivity index (χ1) is 9.18. The Balaban J connectivity index is 1.96. The molecule has 0 amide bonds. The molecule has 1 aromatic heterocycles. The molecule has 0 radical (unpaired) electrons. The van der Waals surface area contributed by atoms with Crippen LogP contribution in [0.3, 0.4) is 0 Å². The molecule has 1 N–H and O–H groups in total. The fourth-order valence-electron chi connectivity index (χ4n) is 2.23. The summed E-state index contributed by atoms with van der Waals surface area (Å²) in [6.07, 6.45) is 5.45. The maximum absolute atomic E-state index is 5.41. The summed E-state index contributed by atoms with van der Waals surface area (Å²) in [5.74, 6) is 0. The predicted molar refractivity (Wildman–Crippen MR) is 82.2 cm³/mol. The Kier molecular flexibility index (Phi) is 4.85. The zero-order valence-electron chi connectivity index (χ0n) is 11.5. The number of piperidine rings is 1. The summed E-state index contributed by atoms with van der Waals surface area (Å²) in [6, 6.07) is 6.28. The van der Waals surface area contributed by atoms with Crippen LogP contribution < -0.4 is 5.43 Å². The molecule has 1 aliphatic heterocycles. The Morgan fingerprint density at radius 3 is 3.00 bits per heavy atom. The molecule has 0 bridgehead atoms. The number of rotatable bonds is 2. The number of hydrazone groups is 1. The summed E-state index contributed by atoms with van der Waals surface area (Å²) < 4.78 is 0. The standard InChI is InChI=1S/C14H20N4S/c1-11-7-4-6-10-18(11)14(19)17-16-12(2)13-8-3-5-9-15-13/h3,5,8-9,11H,4,6-7,10H2,1-2H3,(H,17,19)/b16-12-. The third kappa shape index (κ3) is 3.73. The van der Waals surface area contributed by atoms with Crippen molar-refractivity contribution in [2.75, 3.05) is 6.54 Å². The molecule has 1 atom stereocenters. The van der Waals surface area contributed by atoms with E-state index >= 15 is 0 Å². The number of hydrogen-bond acceptors (Lipinski definition) is 3. The van der Waals surface area contributed by atoms with Crippen molar-refractivity contribution < 1.29 is 0 Å². The van der Waals surface area contributed by atoms with Crippen molar-refractivity contribution in [1.82, 2.24) is 15.3 Å². The van der Waals surface area contributed by atoms with Gasteiger partial charge in [0.05, 0.1) is 11.4 Å². The van der Waals surface area contributed by atoms with Gasteiger partial charge >= 0.3 is 0 Å². The molecule has 1 aliphatic rings. The minimum Gasteiger partial charge on any atom is -0.345 e. The highest BCUT2D eigenvalue weighted by Crippen LogP contribution is 2.16. The molecule has 0 aliphatic carbocycles. The van der Waals surface area contributed by atoms with E-state index in [1.165, 1.54) is 19.3 Å². The van der Waals surface area contributed by atoms with Gasteiger partial charge in [0.2, 0.25) is 0 Å². The third-order valence-electron chi connectivity index (χ3n) is 3.42. The molecular formula is C14H20N4S. The quantitative estimate of drug-likeness (QED) is 0.512. The molecule has 1 saturated heterocycles. The highest BCUT2D eigenvalue weighted by molar-refractivity contribution is 7.80. The van der Waals surface area contributed by atoms with Crippen LogP contribution in [-0.2, 0) is 0 Å². The van der Waals surface area contributed by atoms with E-state index in [-0.39, 0.29) is 0 Å². The zero-order valence-corrected chi connectivity index (χ0v) is 12.3. The van der Waals surface area contributed by atoms with Gasteiger partial charge in [-0.25, -0.2) is 0 Å². The summed E-state index contributed by atoms with van der Waals surface area (Å²) >= 11 is 5.41. The van der Waals surface area contributed by atoms with Gasteiger partial charge in [-0.1, -0.05) is 6.07 Å². The van der Waals surface area contributed by atoms with Gasteiger partial charge in [-0.15, -0.1) is 0 Å². The van der Waals surface area contributed by atoms with Crippen molar-refractivity contribution in [3.63, 3.8) is 0 Å². The lowest BCUT2D eigenvalue weighted by atomic mass is 10.0. The van der Waals surface area contributed by atoms with E-state index in [9.17, 15) is 0 Å². The lowest BCUT2D eigenvalue weighted by molar-refractivity contribution is 0.256. The highest BCUT2D eigenvalue weighted by Gasteiger charge is 2.20. The molecule has 2 heterocycles. The van der Waals surface area contributed by atoms with Crippen LogP contribution in [0, 0.1) is 0 Å². The van der Waals surface area contributed by atoms with E-state index in [4.69, 9.17) is 12.2 Å². The van der Waals surface area contributed by atoms with E-state index in [1.54, 1.807) is 6.20 Å². The third-order valence-corrected chi connectivity index (χ3v) is 3.74.